The summed E-state index contributed by atoms with van der Waals surface area (Å²) in [5.41, 5.74) is 0.335. The third kappa shape index (κ3) is 2.00. The van der Waals surface area contributed by atoms with E-state index >= 15 is 0 Å². The van der Waals surface area contributed by atoms with Crippen LogP contribution < -0.4 is 5.63 Å². The Labute approximate surface area is 114 Å². The van der Waals surface area contributed by atoms with Gasteiger partial charge in [-0.2, -0.15) is 0 Å². The second kappa shape index (κ2) is 4.23. The average molecular weight is 355 g/mol. The van der Waals surface area contributed by atoms with E-state index in [0.29, 0.717) is 16.8 Å². The Morgan fingerprint density at radius 1 is 1.29 bits per heavy atom. The highest BCUT2D eigenvalue weighted by Crippen LogP contribution is 2.23. The molecule has 3 aromatic rings. The van der Waals surface area contributed by atoms with Crippen LogP contribution in [0.5, 0.6) is 0 Å². The molecule has 0 fully saturated rings. The van der Waals surface area contributed by atoms with Crippen molar-refractivity contribution in [2.45, 2.75) is 0 Å². The van der Waals surface area contributed by atoms with Crippen LogP contribution in [-0.4, -0.2) is 4.98 Å². The second-order valence-corrected chi connectivity index (χ2v) is 5.64. The lowest BCUT2D eigenvalue weighted by molar-refractivity contribution is 0.520. The van der Waals surface area contributed by atoms with Gasteiger partial charge in [0.1, 0.15) is 0 Å². The van der Waals surface area contributed by atoms with E-state index in [1.165, 1.54) is 11.3 Å². The van der Waals surface area contributed by atoms with Gasteiger partial charge in [-0.3, -0.25) is 0 Å². The number of hydrogen-bond donors (Lipinski definition) is 0. The topological polar surface area (TPSA) is 43.1 Å². The van der Waals surface area contributed by atoms with Gasteiger partial charge in [0.05, 0.1) is 15.8 Å². The molecule has 0 saturated heterocycles. The van der Waals surface area contributed by atoms with Crippen LogP contribution in [0.2, 0.25) is 0 Å². The molecule has 0 radical (unpaired) electrons. The number of nitrogens with zero attached hydrogens (tertiary/aromatic N) is 1. The molecule has 0 N–H and O–H groups in total. The first-order chi connectivity index (χ1) is 8.24. The van der Waals surface area contributed by atoms with Gasteiger partial charge >= 0.3 is 5.63 Å². The highest BCUT2D eigenvalue weighted by molar-refractivity contribution is 14.1. The quantitative estimate of drug-likeness (QED) is 0.628. The molecular formula is C12H6INO2S. The van der Waals surface area contributed by atoms with Crippen molar-refractivity contribution in [1.29, 1.82) is 0 Å². The summed E-state index contributed by atoms with van der Waals surface area (Å²) in [6.45, 7) is 0. The van der Waals surface area contributed by atoms with E-state index in [1.54, 1.807) is 6.07 Å². The van der Waals surface area contributed by atoms with Crippen molar-refractivity contribution in [3.63, 3.8) is 0 Å². The number of fused-ring (bicyclic) bond motifs is 1. The van der Waals surface area contributed by atoms with E-state index in [4.69, 9.17) is 4.42 Å². The maximum Gasteiger partial charge on any atom is 0.347 e. The monoisotopic (exact) mass is 355 g/mol. The van der Waals surface area contributed by atoms with Crippen LogP contribution >= 0.6 is 33.9 Å². The minimum atomic E-state index is -0.336. The van der Waals surface area contributed by atoms with Crippen molar-refractivity contribution in [1.82, 2.24) is 4.98 Å². The first-order valence-corrected chi connectivity index (χ1v) is 6.84. The molecule has 2 heterocycles. The fraction of sp³-hybridized carbons (Fsp3) is 0. The Balaban J connectivity index is 2.32. The summed E-state index contributed by atoms with van der Waals surface area (Å²) in [6.07, 6.45) is 0. The second-order valence-electron chi connectivity index (χ2n) is 3.45. The Morgan fingerprint density at radius 2 is 2.18 bits per heavy atom. The summed E-state index contributed by atoms with van der Waals surface area (Å²) in [5.74, 6) is 0.388. The number of hydrogen-bond acceptors (Lipinski definition) is 4. The maximum absolute atomic E-state index is 11.8. The molecule has 0 amide bonds. The van der Waals surface area contributed by atoms with E-state index in [1.807, 2.05) is 29.6 Å². The van der Waals surface area contributed by atoms with Crippen LogP contribution in [0.4, 0.5) is 0 Å². The zero-order valence-corrected chi connectivity index (χ0v) is 11.5. The lowest BCUT2D eigenvalue weighted by Crippen LogP contribution is -2.02. The lowest BCUT2D eigenvalue weighted by atomic mass is 10.2. The van der Waals surface area contributed by atoms with Gasteiger partial charge < -0.3 is 4.42 Å². The average Bonchev–Trinajstić information content (AvgIpc) is 2.83. The minimum absolute atomic E-state index is 0.336. The molecular weight excluding hydrogens is 349 g/mol. The van der Waals surface area contributed by atoms with Crippen molar-refractivity contribution in [2.24, 2.45) is 0 Å². The maximum atomic E-state index is 11.8. The molecule has 1 aromatic carbocycles. The fourth-order valence-electron chi connectivity index (χ4n) is 1.55. The third-order valence-corrected chi connectivity index (χ3v) is 3.85. The van der Waals surface area contributed by atoms with Crippen LogP contribution in [-0.2, 0) is 0 Å². The van der Waals surface area contributed by atoms with Gasteiger partial charge in [0, 0.05) is 3.57 Å². The van der Waals surface area contributed by atoms with Crippen molar-refractivity contribution in [2.75, 3.05) is 0 Å². The van der Waals surface area contributed by atoms with Gasteiger partial charge in [-0.25, -0.2) is 9.78 Å². The van der Waals surface area contributed by atoms with Gasteiger partial charge in [-0.15, -0.1) is 11.3 Å². The standard InChI is InChI=1S/C12H6INO2S/c13-7-3-4-9-8(6-7)12(15)16-11(14-9)10-2-1-5-17-10/h1-6H. The van der Waals surface area contributed by atoms with Crippen LogP contribution in [0.1, 0.15) is 0 Å². The van der Waals surface area contributed by atoms with Gasteiger partial charge in [0.25, 0.3) is 0 Å². The molecule has 0 atom stereocenters. The molecule has 84 valence electrons. The summed E-state index contributed by atoms with van der Waals surface area (Å²) in [5, 5.41) is 2.45. The Kier molecular flexibility index (Phi) is 2.71. The first-order valence-electron chi connectivity index (χ1n) is 4.88. The number of thiophene rings is 1. The van der Waals surface area contributed by atoms with Crippen LogP contribution in [0.25, 0.3) is 21.7 Å². The van der Waals surface area contributed by atoms with Crippen LogP contribution in [0.15, 0.2) is 44.9 Å². The molecule has 3 nitrogen and oxygen atoms in total. The molecule has 2 aromatic heterocycles. The molecule has 3 rings (SSSR count). The molecule has 0 saturated carbocycles. The van der Waals surface area contributed by atoms with Gasteiger partial charge in [0.15, 0.2) is 0 Å². The molecule has 0 bridgehead atoms. The largest absolute Gasteiger partial charge is 0.402 e. The molecule has 0 aliphatic carbocycles. The van der Waals surface area contributed by atoms with Crippen LogP contribution in [0.3, 0.4) is 0 Å². The number of rotatable bonds is 1. The van der Waals surface area contributed by atoms with Crippen molar-refractivity contribution >= 4 is 44.8 Å². The zero-order valence-electron chi connectivity index (χ0n) is 8.51. The highest BCUT2D eigenvalue weighted by atomic mass is 127. The SMILES string of the molecule is O=c1oc(-c2cccs2)nc2ccc(I)cc12. The molecule has 0 spiro atoms. The van der Waals surface area contributed by atoms with Gasteiger partial charge in [-0.1, -0.05) is 6.07 Å². The summed E-state index contributed by atoms with van der Waals surface area (Å²) in [6, 6.07) is 9.33. The number of benzene rings is 1. The van der Waals surface area contributed by atoms with Crippen molar-refractivity contribution in [3.8, 4) is 10.8 Å². The summed E-state index contributed by atoms with van der Waals surface area (Å²) in [7, 11) is 0. The molecule has 0 unspecified atom stereocenters. The van der Waals surface area contributed by atoms with E-state index in [9.17, 15) is 4.79 Å². The molecule has 5 heteroatoms. The van der Waals surface area contributed by atoms with Crippen LogP contribution in [0, 0.1) is 3.57 Å². The minimum Gasteiger partial charge on any atom is -0.402 e. The lowest BCUT2D eigenvalue weighted by Gasteiger charge is -1.99. The number of halogens is 1. The Hall–Kier alpha value is -1.21. The highest BCUT2D eigenvalue weighted by Gasteiger charge is 2.09. The summed E-state index contributed by atoms with van der Waals surface area (Å²) >= 11 is 3.66. The fourth-order valence-corrected chi connectivity index (χ4v) is 2.69. The Bertz CT molecular complexity index is 734. The van der Waals surface area contributed by atoms with Crippen molar-refractivity contribution < 1.29 is 4.42 Å². The Morgan fingerprint density at radius 3 is 2.94 bits per heavy atom. The normalized spacial score (nSPS) is 10.9. The summed E-state index contributed by atoms with van der Waals surface area (Å²) < 4.78 is 6.22. The zero-order chi connectivity index (χ0) is 11.8. The third-order valence-electron chi connectivity index (χ3n) is 2.32. The first kappa shape index (κ1) is 10.9. The smallest absolute Gasteiger partial charge is 0.347 e. The predicted molar refractivity (Wildman–Crippen MR) is 76.3 cm³/mol. The summed E-state index contributed by atoms with van der Waals surface area (Å²) in [4.78, 5) is 17.1. The van der Waals surface area contributed by atoms with Gasteiger partial charge in [-0.05, 0) is 52.2 Å². The van der Waals surface area contributed by atoms with Crippen molar-refractivity contribution in [3.05, 3.63) is 49.7 Å². The van der Waals surface area contributed by atoms with E-state index in [0.717, 1.165) is 8.45 Å². The van der Waals surface area contributed by atoms with Gasteiger partial charge in [0.2, 0.25) is 5.89 Å². The molecule has 0 aliphatic rings. The number of aromatic nitrogens is 1. The van der Waals surface area contributed by atoms with E-state index in [2.05, 4.69) is 27.6 Å². The van der Waals surface area contributed by atoms with E-state index in [-0.39, 0.29) is 5.63 Å². The molecule has 0 aliphatic heterocycles. The predicted octanol–water partition coefficient (Wildman–Crippen LogP) is 3.52. The van der Waals surface area contributed by atoms with E-state index < -0.39 is 0 Å². The molecule has 17 heavy (non-hydrogen) atoms.